The van der Waals surface area contributed by atoms with Gasteiger partial charge in [0.2, 0.25) is 0 Å². The number of amides is 1. The summed E-state index contributed by atoms with van der Waals surface area (Å²) in [6, 6.07) is 12.3. The predicted octanol–water partition coefficient (Wildman–Crippen LogP) is 4.07. The molecule has 1 atom stereocenters. The quantitative estimate of drug-likeness (QED) is 0.712. The van der Waals surface area contributed by atoms with E-state index in [0.29, 0.717) is 31.4 Å². The lowest BCUT2D eigenvalue weighted by atomic mass is 9.78. The maximum absolute atomic E-state index is 14.4. The third-order valence-corrected chi connectivity index (χ3v) is 5.52. The van der Waals surface area contributed by atoms with E-state index >= 15 is 0 Å². The van der Waals surface area contributed by atoms with E-state index in [4.69, 9.17) is 4.74 Å². The van der Waals surface area contributed by atoms with Crippen molar-refractivity contribution < 1.29 is 23.1 Å². The van der Waals surface area contributed by atoms with Gasteiger partial charge in [0, 0.05) is 12.1 Å². The molecule has 154 valence electrons. The average Bonchev–Trinajstić information content (AvgIpc) is 3.20. The molecule has 0 aromatic heterocycles. The molecule has 0 heterocycles. The number of benzene rings is 2. The van der Waals surface area contributed by atoms with Crippen LogP contribution in [0.5, 0.6) is 0 Å². The molecule has 6 heteroatoms. The number of rotatable bonds is 7. The first kappa shape index (κ1) is 21.0. The Kier molecular flexibility index (Phi) is 6.62. The van der Waals surface area contributed by atoms with Gasteiger partial charge in [-0.15, -0.1) is 0 Å². The summed E-state index contributed by atoms with van der Waals surface area (Å²) in [5.74, 6) is -1.71. The first-order chi connectivity index (χ1) is 13.9. The van der Waals surface area contributed by atoms with Gasteiger partial charge in [0.1, 0.15) is 11.6 Å². The second kappa shape index (κ2) is 9.16. The lowest BCUT2D eigenvalue weighted by Gasteiger charge is -2.29. The first-order valence-electron chi connectivity index (χ1n) is 9.90. The summed E-state index contributed by atoms with van der Waals surface area (Å²) in [6.45, 7) is 1.85. The molecule has 3 rings (SSSR count). The topological polar surface area (TPSA) is 55.4 Å². The average molecular weight is 401 g/mol. The molecular formula is C23H25F2NO3. The Morgan fingerprint density at radius 3 is 2.38 bits per heavy atom. The number of hydrogen-bond acceptors (Lipinski definition) is 3. The molecule has 2 aromatic rings. The molecule has 4 nitrogen and oxygen atoms in total. The van der Waals surface area contributed by atoms with E-state index in [1.165, 1.54) is 25.1 Å². The molecule has 0 bridgehead atoms. The van der Waals surface area contributed by atoms with Crippen LogP contribution in [0.1, 0.15) is 43.7 Å². The zero-order chi connectivity index (χ0) is 20.9. The molecule has 0 unspecified atom stereocenters. The second-order valence-corrected chi connectivity index (χ2v) is 7.48. The SMILES string of the molecule is C[C@H](OC(=O)C1(c2ccccc2F)CCCC1)C(=O)NCCc1ccc(F)cc1. The summed E-state index contributed by atoms with van der Waals surface area (Å²) in [6.07, 6.45) is 2.17. The van der Waals surface area contributed by atoms with Crippen molar-refractivity contribution in [3.63, 3.8) is 0 Å². The standard InChI is InChI=1S/C23H25F2NO3/c1-16(21(27)26-15-12-17-8-10-18(24)11-9-17)29-22(28)23(13-4-5-14-23)19-6-2-3-7-20(19)25/h2-3,6-11,16H,4-5,12-15H2,1H3,(H,26,27)/t16-/m0/s1. The monoisotopic (exact) mass is 401 g/mol. The Morgan fingerprint density at radius 2 is 1.72 bits per heavy atom. The number of nitrogens with one attached hydrogen (secondary N) is 1. The lowest BCUT2D eigenvalue weighted by Crippen LogP contribution is -2.42. The van der Waals surface area contributed by atoms with Gasteiger partial charge in [-0.05, 0) is 49.9 Å². The maximum atomic E-state index is 14.4. The van der Waals surface area contributed by atoms with E-state index in [1.807, 2.05) is 0 Å². The molecule has 0 radical (unpaired) electrons. The van der Waals surface area contributed by atoms with Crippen LogP contribution in [0.15, 0.2) is 48.5 Å². The van der Waals surface area contributed by atoms with Crippen LogP contribution >= 0.6 is 0 Å². The van der Waals surface area contributed by atoms with Gasteiger partial charge in [-0.3, -0.25) is 9.59 Å². The third kappa shape index (κ3) is 4.81. The molecule has 1 fully saturated rings. The van der Waals surface area contributed by atoms with Crippen molar-refractivity contribution in [2.75, 3.05) is 6.54 Å². The lowest BCUT2D eigenvalue weighted by molar-refractivity contribution is -0.160. The van der Waals surface area contributed by atoms with Gasteiger partial charge in [0.05, 0.1) is 5.41 Å². The van der Waals surface area contributed by atoms with Crippen LogP contribution in [0, 0.1) is 11.6 Å². The normalized spacial score (nSPS) is 16.2. The predicted molar refractivity (Wildman–Crippen MR) is 105 cm³/mol. The minimum Gasteiger partial charge on any atom is -0.452 e. The van der Waals surface area contributed by atoms with Crippen molar-refractivity contribution in [2.24, 2.45) is 0 Å². The molecule has 1 aliphatic carbocycles. The van der Waals surface area contributed by atoms with Crippen LogP contribution in [-0.2, 0) is 26.2 Å². The number of carbonyl (C=O) groups is 2. The van der Waals surface area contributed by atoms with Crippen molar-refractivity contribution >= 4 is 11.9 Å². The van der Waals surface area contributed by atoms with Gasteiger partial charge >= 0.3 is 5.97 Å². The second-order valence-electron chi connectivity index (χ2n) is 7.48. The van der Waals surface area contributed by atoms with Crippen LogP contribution in [0.3, 0.4) is 0 Å². The largest absolute Gasteiger partial charge is 0.452 e. The van der Waals surface area contributed by atoms with Gasteiger partial charge in [-0.1, -0.05) is 43.2 Å². The zero-order valence-electron chi connectivity index (χ0n) is 16.4. The summed E-state index contributed by atoms with van der Waals surface area (Å²) in [7, 11) is 0. The van der Waals surface area contributed by atoms with Gasteiger partial charge in [0.15, 0.2) is 6.10 Å². The summed E-state index contributed by atoms with van der Waals surface area (Å²) in [5, 5.41) is 2.72. The van der Waals surface area contributed by atoms with Gasteiger partial charge in [0.25, 0.3) is 5.91 Å². The summed E-state index contributed by atoms with van der Waals surface area (Å²) < 4.78 is 32.8. The van der Waals surface area contributed by atoms with Gasteiger partial charge in [-0.2, -0.15) is 0 Å². The van der Waals surface area contributed by atoms with E-state index < -0.39 is 29.2 Å². The van der Waals surface area contributed by atoms with E-state index in [0.717, 1.165) is 18.4 Å². The van der Waals surface area contributed by atoms with E-state index in [1.54, 1.807) is 30.3 Å². The van der Waals surface area contributed by atoms with Crippen LogP contribution in [-0.4, -0.2) is 24.5 Å². The van der Waals surface area contributed by atoms with Crippen molar-refractivity contribution in [3.8, 4) is 0 Å². The number of carbonyl (C=O) groups excluding carboxylic acids is 2. The van der Waals surface area contributed by atoms with Crippen LogP contribution in [0.2, 0.25) is 0 Å². The number of hydrogen-bond donors (Lipinski definition) is 1. The fourth-order valence-electron chi connectivity index (χ4n) is 3.86. The van der Waals surface area contributed by atoms with Crippen molar-refractivity contribution in [1.82, 2.24) is 5.32 Å². The Morgan fingerprint density at radius 1 is 1.07 bits per heavy atom. The number of halogens is 2. The molecule has 0 aliphatic heterocycles. The number of ether oxygens (including phenoxy) is 1. The highest BCUT2D eigenvalue weighted by molar-refractivity contribution is 5.88. The highest BCUT2D eigenvalue weighted by Crippen LogP contribution is 2.43. The van der Waals surface area contributed by atoms with Crippen molar-refractivity contribution in [1.29, 1.82) is 0 Å². The molecule has 0 saturated heterocycles. The molecule has 1 aliphatic rings. The molecule has 0 spiro atoms. The summed E-state index contributed by atoms with van der Waals surface area (Å²) >= 11 is 0. The smallest absolute Gasteiger partial charge is 0.317 e. The number of esters is 1. The van der Waals surface area contributed by atoms with Crippen molar-refractivity contribution in [2.45, 2.75) is 50.5 Å². The van der Waals surface area contributed by atoms with Crippen LogP contribution in [0.25, 0.3) is 0 Å². The Balaban J connectivity index is 1.59. The van der Waals surface area contributed by atoms with Gasteiger partial charge in [-0.25, -0.2) is 8.78 Å². The van der Waals surface area contributed by atoms with Gasteiger partial charge < -0.3 is 10.1 Å². The van der Waals surface area contributed by atoms with E-state index in [-0.39, 0.29) is 5.82 Å². The first-order valence-corrected chi connectivity index (χ1v) is 9.90. The van der Waals surface area contributed by atoms with Crippen LogP contribution < -0.4 is 5.32 Å². The molecule has 1 saturated carbocycles. The molecular weight excluding hydrogens is 376 g/mol. The molecule has 1 N–H and O–H groups in total. The summed E-state index contributed by atoms with van der Waals surface area (Å²) in [4.78, 5) is 25.3. The molecule has 2 aromatic carbocycles. The third-order valence-electron chi connectivity index (χ3n) is 5.52. The zero-order valence-corrected chi connectivity index (χ0v) is 16.4. The molecule has 1 amide bonds. The van der Waals surface area contributed by atoms with Crippen LogP contribution in [0.4, 0.5) is 8.78 Å². The van der Waals surface area contributed by atoms with E-state index in [2.05, 4.69) is 5.32 Å². The Labute approximate surface area is 169 Å². The fourth-order valence-corrected chi connectivity index (χ4v) is 3.86. The molecule has 29 heavy (non-hydrogen) atoms. The summed E-state index contributed by atoms with van der Waals surface area (Å²) in [5.41, 5.74) is 0.195. The highest BCUT2D eigenvalue weighted by atomic mass is 19.1. The van der Waals surface area contributed by atoms with E-state index in [9.17, 15) is 18.4 Å². The fraction of sp³-hybridized carbons (Fsp3) is 0.391. The Bertz CT molecular complexity index is 861. The minimum absolute atomic E-state index is 0.311. The minimum atomic E-state index is -1.03. The highest BCUT2D eigenvalue weighted by Gasteiger charge is 2.46. The van der Waals surface area contributed by atoms with Crippen molar-refractivity contribution in [3.05, 3.63) is 71.3 Å². The maximum Gasteiger partial charge on any atom is 0.317 e. The Hall–Kier alpha value is -2.76.